The van der Waals surface area contributed by atoms with E-state index in [2.05, 4.69) is 19.9 Å². The second kappa shape index (κ2) is 13.4. The minimum atomic E-state index is -0.374. The van der Waals surface area contributed by atoms with Crippen molar-refractivity contribution in [3.8, 4) is 23.3 Å². The van der Waals surface area contributed by atoms with Crippen LogP contribution in [0.3, 0.4) is 0 Å². The lowest BCUT2D eigenvalue weighted by molar-refractivity contribution is -0.140. The number of carbonyl (C=O) groups is 1. The number of unbranched alkanes of at least 4 members (excludes halogenated alkanes) is 3. The van der Waals surface area contributed by atoms with Crippen molar-refractivity contribution in [2.75, 3.05) is 6.61 Å². The predicted molar refractivity (Wildman–Crippen MR) is 148 cm³/mol. The molecule has 4 rings (SSSR count). The number of allylic oxidation sites excluding steroid dienone is 1. The molecule has 202 valence electrons. The van der Waals surface area contributed by atoms with Gasteiger partial charge in [0.2, 0.25) is 5.88 Å². The predicted octanol–water partition coefficient (Wildman–Crippen LogP) is 7.38. The van der Waals surface area contributed by atoms with E-state index in [0.29, 0.717) is 23.7 Å². The molecule has 1 aliphatic carbocycles. The lowest BCUT2D eigenvalue weighted by Gasteiger charge is -2.28. The Bertz CT molecular complexity index is 1160. The van der Waals surface area contributed by atoms with Crippen LogP contribution in [-0.4, -0.2) is 12.6 Å². The number of esters is 1. The van der Waals surface area contributed by atoms with Crippen LogP contribution < -0.4 is 19.9 Å². The van der Waals surface area contributed by atoms with E-state index in [0.717, 1.165) is 67.7 Å². The summed E-state index contributed by atoms with van der Waals surface area (Å²) in [6.45, 7) is 5.07. The van der Waals surface area contributed by atoms with Crippen LogP contribution >= 0.6 is 0 Å². The van der Waals surface area contributed by atoms with Crippen LogP contribution in [0.5, 0.6) is 17.2 Å². The average molecular weight is 517 g/mol. The Hall–Kier alpha value is -3.46. The zero-order valence-electron chi connectivity index (χ0n) is 22.7. The number of benzene rings is 2. The van der Waals surface area contributed by atoms with Crippen LogP contribution in [0.2, 0.25) is 0 Å². The van der Waals surface area contributed by atoms with Gasteiger partial charge < -0.3 is 19.9 Å². The second-order valence-electron chi connectivity index (χ2n) is 10.5. The topological polar surface area (TPSA) is 94.6 Å². The summed E-state index contributed by atoms with van der Waals surface area (Å²) in [6, 6.07) is 15.4. The molecule has 2 aromatic rings. The van der Waals surface area contributed by atoms with Gasteiger partial charge in [-0.1, -0.05) is 64.2 Å². The molecule has 2 aliphatic rings. The molecule has 38 heavy (non-hydrogen) atoms. The molecular weight excluding hydrogens is 476 g/mol. The van der Waals surface area contributed by atoms with Crippen LogP contribution in [-0.2, 0) is 4.79 Å². The van der Waals surface area contributed by atoms with E-state index in [1.54, 1.807) is 12.1 Å². The first-order valence-electron chi connectivity index (χ1n) is 14.2. The number of nitriles is 1. The van der Waals surface area contributed by atoms with Crippen LogP contribution in [0.4, 0.5) is 0 Å². The van der Waals surface area contributed by atoms with Crippen molar-refractivity contribution in [1.29, 1.82) is 5.26 Å². The van der Waals surface area contributed by atoms with Gasteiger partial charge in [0.25, 0.3) is 0 Å². The number of fused-ring (bicyclic) bond motifs is 1. The Morgan fingerprint density at radius 1 is 1.00 bits per heavy atom. The molecule has 2 aromatic carbocycles. The summed E-state index contributed by atoms with van der Waals surface area (Å²) in [4.78, 5) is 12.9. The number of hydrogen-bond donors (Lipinski definition) is 1. The molecule has 0 bridgehead atoms. The van der Waals surface area contributed by atoms with Crippen molar-refractivity contribution >= 4 is 5.97 Å². The van der Waals surface area contributed by atoms with E-state index < -0.39 is 0 Å². The lowest BCUT2D eigenvalue weighted by atomic mass is 9.80. The van der Waals surface area contributed by atoms with Crippen molar-refractivity contribution in [2.45, 2.75) is 84.0 Å². The monoisotopic (exact) mass is 516 g/mol. The molecule has 0 spiro atoms. The summed E-state index contributed by atoms with van der Waals surface area (Å²) >= 11 is 0. The number of carbonyl (C=O) groups excluding carboxylic acids is 1. The van der Waals surface area contributed by atoms with Gasteiger partial charge in [-0.2, -0.15) is 5.26 Å². The Morgan fingerprint density at radius 3 is 2.39 bits per heavy atom. The highest BCUT2D eigenvalue weighted by Crippen LogP contribution is 2.44. The largest absolute Gasteiger partial charge is 0.494 e. The highest BCUT2D eigenvalue weighted by atomic mass is 16.5. The second-order valence-corrected chi connectivity index (χ2v) is 10.5. The van der Waals surface area contributed by atoms with Crippen molar-refractivity contribution in [3.05, 3.63) is 65.0 Å². The van der Waals surface area contributed by atoms with E-state index in [4.69, 9.17) is 19.9 Å². The minimum absolute atomic E-state index is 0.0598. The van der Waals surface area contributed by atoms with Gasteiger partial charge >= 0.3 is 5.97 Å². The summed E-state index contributed by atoms with van der Waals surface area (Å²) in [7, 11) is 0. The first kappa shape index (κ1) is 27.6. The maximum atomic E-state index is 12.9. The van der Waals surface area contributed by atoms with Crippen molar-refractivity contribution in [1.82, 2.24) is 0 Å². The third-order valence-electron chi connectivity index (χ3n) is 7.79. The lowest BCUT2D eigenvalue weighted by Crippen LogP contribution is -2.26. The van der Waals surface area contributed by atoms with Crippen molar-refractivity contribution in [2.24, 2.45) is 17.6 Å². The molecule has 1 fully saturated rings. The van der Waals surface area contributed by atoms with Crippen LogP contribution in [0.15, 0.2) is 53.9 Å². The smallest absolute Gasteiger partial charge is 0.314 e. The minimum Gasteiger partial charge on any atom is -0.494 e. The van der Waals surface area contributed by atoms with E-state index in [9.17, 15) is 10.1 Å². The molecule has 6 nitrogen and oxygen atoms in total. The van der Waals surface area contributed by atoms with Crippen LogP contribution in [0.25, 0.3) is 0 Å². The number of ether oxygens (including phenoxy) is 3. The van der Waals surface area contributed by atoms with E-state index >= 15 is 0 Å². The summed E-state index contributed by atoms with van der Waals surface area (Å²) in [5.41, 5.74) is 8.26. The maximum Gasteiger partial charge on any atom is 0.314 e. The summed E-state index contributed by atoms with van der Waals surface area (Å²) < 4.78 is 17.4. The molecule has 1 atom stereocenters. The van der Waals surface area contributed by atoms with Gasteiger partial charge in [-0.05, 0) is 61.8 Å². The average Bonchev–Trinajstić information content (AvgIpc) is 2.94. The standard InChI is InChI=1S/C32H40N2O4/c1-3-5-7-19-36-25-15-13-23(14-16-25)30-27-18-17-26(20-29(27)38-31(34)28(30)21-33)37-32(35)24-11-9-22(10-12-24)8-6-4-2/h13-18,20,22,24,30H,3-12,19,34H2,1-2H3. The molecular formula is C32H40N2O4. The van der Waals surface area contributed by atoms with E-state index in [-0.39, 0.29) is 23.7 Å². The van der Waals surface area contributed by atoms with Gasteiger partial charge in [0.05, 0.1) is 18.4 Å². The molecule has 1 aliphatic heterocycles. The third-order valence-corrected chi connectivity index (χ3v) is 7.79. The molecule has 0 aromatic heterocycles. The number of nitrogens with zero attached hydrogens (tertiary/aromatic N) is 1. The SMILES string of the molecule is CCCCCOc1ccc(C2C(C#N)=C(N)Oc3cc(OC(=O)C4CCC(CCCC)CC4)ccc32)cc1. The van der Waals surface area contributed by atoms with Gasteiger partial charge in [-0.15, -0.1) is 0 Å². The Labute approximate surface area is 226 Å². The summed E-state index contributed by atoms with van der Waals surface area (Å²) in [5.74, 6) is 1.93. The maximum absolute atomic E-state index is 12.9. The molecule has 1 unspecified atom stereocenters. The van der Waals surface area contributed by atoms with Gasteiger partial charge in [-0.3, -0.25) is 4.79 Å². The molecule has 1 saturated carbocycles. The Morgan fingerprint density at radius 2 is 1.71 bits per heavy atom. The molecule has 1 heterocycles. The van der Waals surface area contributed by atoms with Crippen LogP contribution in [0.1, 0.15) is 95.1 Å². The van der Waals surface area contributed by atoms with Crippen molar-refractivity contribution in [3.63, 3.8) is 0 Å². The van der Waals surface area contributed by atoms with Gasteiger partial charge in [-0.25, -0.2) is 0 Å². The number of hydrogen-bond acceptors (Lipinski definition) is 6. The van der Waals surface area contributed by atoms with Crippen LogP contribution in [0, 0.1) is 23.2 Å². The highest BCUT2D eigenvalue weighted by Gasteiger charge is 2.32. The molecule has 0 saturated heterocycles. The quantitative estimate of drug-likeness (QED) is 0.190. The van der Waals surface area contributed by atoms with Crippen molar-refractivity contribution < 1.29 is 19.0 Å². The number of rotatable bonds is 11. The molecule has 0 radical (unpaired) electrons. The van der Waals surface area contributed by atoms with E-state index in [1.165, 1.54) is 19.3 Å². The van der Waals surface area contributed by atoms with Gasteiger partial charge in [0.1, 0.15) is 28.9 Å². The van der Waals surface area contributed by atoms with E-state index in [1.807, 2.05) is 30.3 Å². The number of nitrogens with two attached hydrogens (primary N) is 1. The highest BCUT2D eigenvalue weighted by molar-refractivity contribution is 5.75. The fraction of sp³-hybridized carbons (Fsp3) is 0.500. The zero-order valence-corrected chi connectivity index (χ0v) is 22.7. The summed E-state index contributed by atoms with van der Waals surface area (Å²) in [6.07, 6.45) is 11.0. The fourth-order valence-corrected chi connectivity index (χ4v) is 5.52. The first-order valence-corrected chi connectivity index (χ1v) is 14.2. The zero-order chi connectivity index (χ0) is 26.9. The molecule has 0 amide bonds. The normalized spacial score (nSPS) is 20.7. The molecule has 6 heteroatoms. The molecule has 2 N–H and O–H groups in total. The first-order chi connectivity index (χ1) is 18.5. The van der Waals surface area contributed by atoms with Gasteiger partial charge in [0, 0.05) is 11.6 Å². The fourth-order valence-electron chi connectivity index (χ4n) is 5.52. The van der Waals surface area contributed by atoms with Gasteiger partial charge in [0.15, 0.2) is 0 Å². The Balaban J connectivity index is 1.46. The Kier molecular flexibility index (Phi) is 9.70. The summed E-state index contributed by atoms with van der Waals surface area (Å²) in [5, 5.41) is 9.86. The third kappa shape index (κ3) is 6.69.